The van der Waals surface area contributed by atoms with Crippen LogP contribution >= 0.6 is 0 Å². The second kappa shape index (κ2) is 6.14. The Labute approximate surface area is 112 Å². The number of carbonyl (C=O) groups is 1. The number of rotatable bonds is 4. The Morgan fingerprint density at radius 2 is 2.11 bits per heavy atom. The molecule has 1 aromatic rings. The van der Waals surface area contributed by atoms with Gasteiger partial charge in [0.05, 0.1) is 5.56 Å². The predicted octanol–water partition coefficient (Wildman–Crippen LogP) is 1.35. The number of hydrogen-bond donors (Lipinski definition) is 1. The number of benzene rings is 1. The number of methoxy groups -OCH3 is 1. The van der Waals surface area contributed by atoms with E-state index in [2.05, 4.69) is 0 Å². The molecule has 2 unspecified atom stereocenters. The highest BCUT2D eigenvalue weighted by Gasteiger charge is 2.38. The standard InChI is InChI=1S/C14H18O5/c1-9(12-8-11(15)14(17-2)19-12)18-13(16)10-6-4-3-5-7-10/h3-7,9,11-12,14-15H,8H2,1-2H3/t9?,11-,12-,14?/m0/s1. The molecule has 1 saturated heterocycles. The third-order valence-electron chi connectivity index (χ3n) is 3.16. The van der Waals surface area contributed by atoms with Crippen molar-refractivity contribution in [3.05, 3.63) is 35.9 Å². The highest BCUT2D eigenvalue weighted by atomic mass is 16.7. The van der Waals surface area contributed by atoms with Crippen LogP contribution in [0.2, 0.25) is 0 Å². The van der Waals surface area contributed by atoms with Gasteiger partial charge < -0.3 is 19.3 Å². The van der Waals surface area contributed by atoms with Crippen LogP contribution in [0.15, 0.2) is 30.3 Å². The van der Waals surface area contributed by atoms with Crippen LogP contribution in [-0.4, -0.2) is 42.8 Å². The van der Waals surface area contributed by atoms with E-state index in [1.165, 1.54) is 7.11 Å². The van der Waals surface area contributed by atoms with Crippen molar-refractivity contribution in [2.45, 2.75) is 37.9 Å². The van der Waals surface area contributed by atoms with Gasteiger partial charge in [-0.2, -0.15) is 0 Å². The maximum Gasteiger partial charge on any atom is 0.338 e. The summed E-state index contributed by atoms with van der Waals surface area (Å²) < 4.78 is 15.8. The third-order valence-corrected chi connectivity index (χ3v) is 3.16. The van der Waals surface area contributed by atoms with Gasteiger partial charge in [-0.05, 0) is 19.1 Å². The topological polar surface area (TPSA) is 65.0 Å². The molecule has 5 heteroatoms. The SMILES string of the molecule is COC1O[C@H](C(C)OC(=O)c2ccccc2)C[C@@H]1O. The van der Waals surface area contributed by atoms with E-state index in [9.17, 15) is 9.90 Å². The van der Waals surface area contributed by atoms with Crippen LogP contribution in [0, 0.1) is 0 Å². The second-order valence-electron chi connectivity index (χ2n) is 4.56. The molecule has 1 N–H and O–H groups in total. The Balaban J connectivity index is 1.91. The lowest BCUT2D eigenvalue weighted by molar-refractivity contribution is -0.162. The zero-order valence-corrected chi connectivity index (χ0v) is 11.0. The number of aliphatic hydroxyl groups is 1. The second-order valence-corrected chi connectivity index (χ2v) is 4.56. The van der Waals surface area contributed by atoms with Crippen molar-refractivity contribution in [1.82, 2.24) is 0 Å². The molecule has 0 amide bonds. The fourth-order valence-corrected chi connectivity index (χ4v) is 2.07. The van der Waals surface area contributed by atoms with E-state index in [1.54, 1.807) is 31.2 Å². The van der Waals surface area contributed by atoms with Gasteiger partial charge >= 0.3 is 5.97 Å². The molecule has 0 saturated carbocycles. The Bertz CT molecular complexity index is 419. The maximum atomic E-state index is 11.9. The summed E-state index contributed by atoms with van der Waals surface area (Å²) in [6.45, 7) is 1.75. The lowest BCUT2D eigenvalue weighted by atomic mass is 10.1. The van der Waals surface area contributed by atoms with E-state index in [4.69, 9.17) is 14.2 Å². The van der Waals surface area contributed by atoms with Crippen LogP contribution < -0.4 is 0 Å². The molecule has 0 aliphatic carbocycles. The summed E-state index contributed by atoms with van der Waals surface area (Å²) in [6.07, 6.45) is -1.74. The minimum atomic E-state index is -0.687. The number of esters is 1. The van der Waals surface area contributed by atoms with Gasteiger partial charge in [0.1, 0.15) is 18.3 Å². The van der Waals surface area contributed by atoms with Gasteiger partial charge in [-0.25, -0.2) is 4.79 Å². The van der Waals surface area contributed by atoms with Crippen LogP contribution in [0.4, 0.5) is 0 Å². The number of carbonyl (C=O) groups excluding carboxylic acids is 1. The lowest BCUT2D eigenvalue weighted by Gasteiger charge is -2.19. The molecule has 1 fully saturated rings. The largest absolute Gasteiger partial charge is 0.456 e. The zero-order valence-electron chi connectivity index (χ0n) is 11.0. The third kappa shape index (κ3) is 3.32. The van der Waals surface area contributed by atoms with Crippen LogP contribution in [0.1, 0.15) is 23.7 Å². The van der Waals surface area contributed by atoms with Crippen molar-refractivity contribution >= 4 is 5.97 Å². The summed E-state index contributed by atoms with van der Waals surface area (Å²) in [5, 5.41) is 9.67. The summed E-state index contributed by atoms with van der Waals surface area (Å²) in [7, 11) is 1.47. The van der Waals surface area contributed by atoms with Gasteiger partial charge in [-0.1, -0.05) is 18.2 Å². The van der Waals surface area contributed by atoms with Crippen molar-refractivity contribution in [3.8, 4) is 0 Å². The molecular weight excluding hydrogens is 248 g/mol. The quantitative estimate of drug-likeness (QED) is 0.833. The molecule has 5 nitrogen and oxygen atoms in total. The molecule has 0 aromatic heterocycles. The Hall–Kier alpha value is -1.43. The van der Waals surface area contributed by atoms with Crippen LogP contribution in [0.3, 0.4) is 0 Å². The maximum absolute atomic E-state index is 11.9. The minimum absolute atomic E-state index is 0.354. The van der Waals surface area contributed by atoms with Gasteiger partial charge in [-0.15, -0.1) is 0 Å². The summed E-state index contributed by atoms with van der Waals surface area (Å²) in [5.41, 5.74) is 0.496. The first-order valence-electron chi connectivity index (χ1n) is 6.24. The average molecular weight is 266 g/mol. The van der Waals surface area contributed by atoms with Crippen LogP contribution in [0.25, 0.3) is 0 Å². The molecule has 1 aliphatic heterocycles. The summed E-state index contributed by atoms with van der Waals surface area (Å²) in [4.78, 5) is 11.9. The lowest BCUT2D eigenvalue weighted by Crippen LogP contribution is -2.29. The van der Waals surface area contributed by atoms with Crippen molar-refractivity contribution in [2.24, 2.45) is 0 Å². The van der Waals surface area contributed by atoms with Crippen molar-refractivity contribution in [1.29, 1.82) is 0 Å². The van der Waals surface area contributed by atoms with Gasteiger partial charge in [0, 0.05) is 13.5 Å². The van der Waals surface area contributed by atoms with E-state index >= 15 is 0 Å². The predicted molar refractivity (Wildman–Crippen MR) is 67.6 cm³/mol. The number of ether oxygens (including phenoxy) is 3. The highest BCUT2D eigenvalue weighted by molar-refractivity contribution is 5.89. The molecule has 4 atom stereocenters. The number of hydrogen-bond acceptors (Lipinski definition) is 5. The summed E-state index contributed by atoms with van der Waals surface area (Å²) in [5.74, 6) is -0.396. The Morgan fingerprint density at radius 1 is 1.42 bits per heavy atom. The van der Waals surface area contributed by atoms with Gasteiger partial charge in [0.15, 0.2) is 6.29 Å². The fourth-order valence-electron chi connectivity index (χ4n) is 2.07. The van der Waals surface area contributed by atoms with E-state index < -0.39 is 24.5 Å². The highest BCUT2D eigenvalue weighted by Crippen LogP contribution is 2.25. The molecule has 19 heavy (non-hydrogen) atoms. The van der Waals surface area contributed by atoms with Crippen molar-refractivity contribution in [2.75, 3.05) is 7.11 Å². The number of aliphatic hydroxyl groups excluding tert-OH is 1. The first kappa shape index (κ1) is 14.0. The van der Waals surface area contributed by atoms with E-state index in [-0.39, 0.29) is 6.10 Å². The normalized spacial score (nSPS) is 28.1. The van der Waals surface area contributed by atoms with Crippen molar-refractivity contribution in [3.63, 3.8) is 0 Å². The fraction of sp³-hybridized carbons (Fsp3) is 0.500. The molecule has 0 spiro atoms. The molecule has 0 bridgehead atoms. The molecule has 2 rings (SSSR count). The van der Waals surface area contributed by atoms with E-state index in [1.807, 2.05) is 6.07 Å². The molecular formula is C14H18O5. The van der Waals surface area contributed by atoms with Gasteiger partial charge in [0.25, 0.3) is 0 Å². The van der Waals surface area contributed by atoms with E-state index in [0.717, 1.165) is 0 Å². The van der Waals surface area contributed by atoms with E-state index in [0.29, 0.717) is 12.0 Å². The van der Waals surface area contributed by atoms with Gasteiger partial charge in [-0.3, -0.25) is 0 Å². The summed E-state index contributed by atoms with van der Waals surface area (Å²) in [6, 6.07) is 8.77. The average Bonchev–Trinajstić information content (AvgIpc) is 2.81. The van der Waals surface area contributed by atoms with Crippen molar-refractivity contribution < 1.29 is 24.1 Å². The molecule has 1 heterocycles. The van der Waals surface area contributed by atoms with Gasteiger partial charge in [0.2, 0.25) is 0 Å². The van der Waals surface area contributed by atoms with Crippen LogP contribution in [0.5, 0.6) is 0 Å². The minimum Gasteiger partial charge on any atom is -0.456 e. The monoisotopic (exact) mass is 266 g/mol. The summed E-state index contributed by atoms with van der Waals surface area (Å²) >= 11 is 0. The molecule has 104 valence electrons. The molecule has 1 aliphatic rings. The molecule has 0 radical (unpaired) electrons. The smallest absolute Gasteiger partial charge is 0.338 e. The van der Waals surface area contributed by atoms with Crippen LogP contribution in [-0.2, 0) is 14.2 Å². The Kier molecular flexibility index (Phi) is 4.52. The first-order valence-corrected chi connectivity index (χ1v) is 6.24. The molecule has 1 aromatic carbocycles. The zero-order chi connectivity index (χ0) is 13.8. The Morgan fingerprint density at radius 3 is 2.68 bits per heavy atom. The first-order chi connectivity index (χ1) is 9.11.